The van der Waals surface area contributed by atoms with Crippen molar-refractivity contribution >= 4 is 17.8 Å². The number of halogens is 6. The number of hydrogen-bond donors (Lipinski definition) is 2. The molecule has 0 radical (unpaired) electrons. The molecule has 0 aromatic heterocycles. The van der Waals surface area contributed by atoms with Crippen LogP contribution in [0.2, 0.25) is 0 Å². The van der Waals surface area contributed by atoms with Crippen molar-refractivity contribution in [3.63, 3.8) is 0 Å². The normalized spacial score (nSPS) is 22.0. The van der Waals surface area contributed by atoms with E-state index in [0.717, 1.165) is 49.4 Å². The van der Waals surface area contributed by atoms with Crippen LogP contribution in [0.1, 0.15) is 65.2 Å². The van der Waals surface area contributed by atoms with Crippen LogP contribution in [0.15, 0.2) is 42.5 Å². The zero-order valence-corrected chi connectivity index (χ0v) is 25.8. The van der Waals surface area contributed by atoms with Crippen molar-refractivity contribution in [3.05, 3.63) is 70.5 Å². The summed E-state index contributed by atoms with van der Waals surface area (Å²) in [6.45, 7) is 7.92. The Morgan fingerprint density at radius 3 is 2.02 bits per heavy atom. The fourth-order valence-electron chi connectivity index (χ4n) is 6.70. The Morgan fingerprint density at radius 1 is 0.957 bits per heavy atom. The topological polar surface area (TPSA) is 90.0 Å². The van der Waals surface area contributed by atoms with Crippen LogP contribution in [0.5, 0.6) is 0 Å². The highest BCUT2D eigenvalue weighted by molar-refractivity contribution is 5.97. The lowest BCUT2D eigenvalue weighted by atomic mass is 9.86. The number of amides is 2. The fourth-order valence-corrected chi connectivity index (χ4v) is 6.70. The van der Waals surface area contributed by atoms with Crippen LogP contribution in [0.4, 0.5) is 26.3 Å². The van der Waals surface area contributed by atoms with Gasteiger partial charge >= 0.3 is 12.1 Å². The number of fused-ring (bicyclic) bond motifs is 1. The second-order valence-corrected chi connectivity index (χ2v) is 12.6. The number of hydrogen-bond acceptors (Lipinski definition) is 4. The van der Waals surface area contributed by atoms with Crippen LogP contribution >= 0.6 is 0 Å². The second-order valence-electron chi connectivity index (χ2n) is 12.6. The van der Waals surface area contributed by atoms with Crippen molar-refractivity contribution in [2.24, 2.45) is 17.8 Å². The molecule has 2 aliphatic heterocycles. The van der Waals surface area contributed by atoms with Gasteiger partial charge < -0.3 is 20.2 Å². The molecule has 7 nitrogen and oxygen atoms in total. The third-order valence-corrected chi connectivity index (χ3v) is 9.18. The summed E-state index contributed by atoms with van der Waals surface area (Å²) in [6.07, 6.45) is -4.68. The fraction of sp³-hybridized carbons (Fsp3) is 0.545. The molecule has 2 saturated heterocycles. The summed E-state index contributed by atoms with van der Waals surface area (Å²) >= 11 is 0. The van der Waals surface area contributed by atoms with Gasteiger partial charge in [-0.2, -0.15) is 13.2 Å². The van der Waals surface area contributed by atoms with Crippen molar-refractivity contribution in [1.29, 1.82) is 0 Å². The van der Waals surface area contributed by atoms with Crippen molar-refractivity contribution in [3.8, 4) is 0 Å². The summed E-state index contributed by atoms with van der Waals surface area (Å²) in [5.74, 6) is -5.55. The van der Waals surface area contributed by atoms with Gasteiger partial charge in [0.2, 0.25) is 11.8 Å². The molecule has 3 atom stereocenters. The van der Waals surface area contributed by atoms with Crippen LogP contribution in [0.3, 0.4) is 0 Å². The lowest BCUT2D eigenvalue weighted by Crippen LogP contribution is -2.39. The SMILES string of the molecule is Cc1cccc(C)c1C(=O)N1CC2CN(CCC(NC(=O)C3CCC(F)(F)CC3)c3cccc(F)c3)C[C@H]2C1.O=C(O)C(F)(F)F. The second kappa shape index (κ2) is 14.4. The highest BCUT2D eigenvalue weighted by Crippen LogP contribution is 2.37. The molecule has 2 unspecified atom stereocenters. The standard InChI is InChI=1S/C31H38F3N3O2.C2HF3O2/c1-20-5-3-6-21(2)28(20)30(39)37-18-24-16-36(17-25(24)19-37)14-11-27(23-7-4-8-26(32)15-23)35-29(38)22-9-12-31(33,34)13-10-22;3-2(4,5)1(6)7/h3-8,15,22,24-25,27H,9-14,16-19H2,1-2H3,(H,35,38);(H,6,7)/t24-,25?,27?;/m0./s1. The van der Waals surface area contributed by atoms with Crippen molar-refractivity contribution in [1.82, 2.24) is 15.1 Å². The minimum atomic E-state index is -5.08. The molecule has 46 heavy (non-hydrogen) atoms. The number of aliphatic carboxylic acids is 1. The van der Waals surface area contributed by atoms with Gasteiger partial charge in [-0.1, -0.05) is 30.3 Å². The lowest BCUT2D eigenvalue weighted by Gasteiger charge is -2.30. The summed E-state index contributed by atoms with van der Waals surface area (Å²) in [6, 6.07) is 11.8. The minimum absolute atomic E-state index is 0.112. The van der Waals surface area contributed by atoms with Crippen LogP contribution in [-0.4, -0.2) is 77.5 Å². The molecule has 5 rings (SSSR count). The van der Waals surface area contributed by atoms with Gasteiger partial charge in [-0.25, -0.2) is 18.0 Å². The van der Waals surface area contributed by atoms with Crippen LogP contribution < -0.4 is 5.32 Å². The third kappa shape index (κ3) is 9.01. The number of carbonyl (C=O) groups excluding carboxylic acids is 2. The maximum absolute atomic E-state index is 14.0. The first-order valence-corrected chi connectivity index (χ1v) is 15.4. The van der Waals surface area contributed by atoms with Gasteiger partial charge in [-0.3, -0.25) is 9.59 Å². The molecule has 2 amide bonds. The monoisotopic (exact) mass is 655 g/mol. The van der Waals surface area contributed by atoms with E-state index in [4.69, 9.17) is 9.90 Å². The maximum atomic E-state index is 14.0. The Kier molecular flexibility index (Phi) is 11.1. The van der Waals surface area contributed by atoms with Gasteiger partial charge in [-0.15, -0.1) is 0 Å². The molecule has 2 heterocycles. The third-order valence-electron chi connectivity index (χ3n) is 9.18. The first kappa shape index (κ1) is 35.2. The lowest BCUT2D eigenvalue weighted by molar-refractivity contribution is -0.192. The number of aryl methyl sites for hydroxylation is 2. The first-order valence-electron chi connectivity index (χ1n) is 15.4. The molecule has 2 N–H and O–H groups in total. The zero-order chi connectivity index (χ0) is 33.8. The summed E-state index contributed by atoms with van der Waals surface area (Å²) < 4.78 is 73.0. The van der Waals surface area contributed by atoms with Crippen LogP contribution in [0.25, 0.3) is 0 Å². The van der Waals surface area contributed by atoms with E-state index in [1.54, 1.807) is 12.1 Å². The molecule has 2 aromatic rings. The van der Waals surface area contributed by atoms with E-state index in [9.17, 15) is 35.9 Å². The van der Waals surface area contributed by atoms with Crippen molar-refractivity contribution in [2.75, 3.05) is 32.7 Å². The van der Waals surface area contributed by atoms with E-state index >= 15 is 0 Å². The Bertz CT molecular complexity index is 1370. The highest BCUT2D eigenvalue weighted by Gasteiger charge is 2.42. The van der Waals surface area contributed by atoms with Gasteiger partial charge in [-0.05, 0) is 73.8 Å². The highest BCUT2D eigenvalue weighted by atomic mass is 19.4. The Labute approximate surface area is 263 Å². The van der Waals surface area contributed by atoms with Gasteiger partial charge in [0.1, 0.15) is 5.82 Å². The van der Waals surface area contributed by atoms with E-state index in [2.05, 4.69) is 10.2 Å². The van der Waals surface area contributed by atoms with E-state index in [0.29, 0.717) is 23.8 Å². The molecule has 2 aromatic carbocycles. The molecular formula is C33H39F6N3O4. The van der Waals surface area contributed by atoms with E-state index in [1.165, 1.54) is 12.1 Å². The molecule has 252 valence electrons. The van der Waals surface area contributed by atoms with Crippen molar-refractivity contribution < 1.29 is 45.8 Å². The summed E-state index contributed by atoms with van der Waals surface area (Å²) in [5, 5.41) is 10.2. The molecule has 3 aliphatic rings. The molecule has 13 heteroatoms. The van der Waals surface area contributed by atoms with E-state index in [-0.39, 0.29) is 43.3 Å². The zero-order valence-electron chi connectivity index (χ0n) is 25.8. The van der Waals surface area contributed by atoms with Gasteiger partial charge in [0, 0.05) is 57.0 Å². The molecule has 3 fully saturated rings. The Hall–Kier alpha value is -3.61. The number of carbonyl (C=O) groups is 3. The number of benzene rings is 2. The number of rotatable bonds is 7. The maximum Gasteiger partial charge on any atom is 0.490 e. The van der Waals surface area contributed by atoms with Gasteiger partial charge in [0.25, 0.3) is 5.91 Å². The summed E-state index contributed by atoms with van der Waals surface area (Å²) in [5.41, 5.74) is 3.51. The average molecular weight is 656 g/mol. The minimum Gasteiger partial charge on any atom is -0.475 e. The number of likely N-dealkylation sites (tertiary alicyclic amines) is 2. The molecule has 1 saturated carbocycles. The molecular weight excluding hydrogens is 616 g/mol. The molecule has 1 aliphatic carbocycles. The first-order chi connectivity index (χ1) is 21.5. The number of carboxylic acids is 1. The van der Waals surface area contributed by atoms with Gasteiger partial charge in [0.05, 0.1) is 6.04 Å². The average Bonchev–Trinajstić information content (AvgIpc) is 3.54. The predicted molar refractivity (Wildman–Crippen MR) is 158 cm³/mol. The van der Waals surface area contributed by atoms with E-state index in [1.807, 2.05) is 36.9 Å². The number of nitrogens with zero attached hydrogens (tertiary/aromatic N) is 2. The largest absolute Gasteiger partial charge is 0.490 e. The number of nitrogens with one attached hydrogen (secondary N) is 1. The van der Waals surface area contributed by atoms with Crippen LogP contribution in [0, 0.1) is 37.4 Å². The molecule has 0 spiro atoms. The number of alkyl halides is 5. The summed E-state index contributed by atoms with van der Waals surface area (Å²) in [7, 11) is 0. The smallest absolute Gasteiger partial charge is 0.475 e. The Balaban J connectivity index is 0.000000617. The summed E-state index contributed by atoms with van der Waals surface area (Å²) in [4.78, 5) is 39.5. The van der Waals surface area contributed by atoms with Gasteiger partial charge in [0.15, 0.2) is 0 Å². The van der Waals surface area contributed by atoms with Crippen molar-refractivity contribution in [2.45, 2.75) is 64.1 Å². The van der Waals surface area contributed by atoms with E-state index < -0.39 is 30.0 Å². The quantitative estimate of drug-likeness (QED) is 0.350. The Morgan fingerprint density at radius 2 is 1.50 bits per heavy atom. The number of carboxylic acid groups (broad SMARTS) is 1. The van der Waals surface area contributed by atoms with Crippen LogP contribution in [-0.2, 0) is 9.59 Å². The predicted octanol–water partition coefficient (Wildman–Crippen LogP) is 6.15. The molecule has 0 bridgehead atoms.